The lowest BCUT2D eigenvalue weighted by atomic mass is 9.97. The first-order valence-electron chi connectivity index (χ1n) is 18.8. The Labute approximate surface area is 320 Å². The molecule has 260 valence electrons. The van der Waals surface area contributed by atoms with Crippen LogP contribution in [0.2, 0.25) is 0 Å². The Morgan fingerprint density at radius 3 is 1.86 bits per heavy atom. The van der Waals surface area contributed by atoms with Gasteiger partial charge in [0, 0.05) is 32.7 Å². The fraction of sp³-hybridized carbons (Fsp3) is 0. The molecule has 0 aliphatic rings. The topological polar surface area (TPSA) is 56.7 Å². The Hall–Kier alpha value is -7.63. The van der Waals surface area contributed by atoms with E-state index in [1.807, 2.05) is 12.1 Å². The largest absolute Gasteiger partial charge is 0.456 e. The van der Waals surface area contributed by atoms with Gasteiger partial charge in [-0.05, 0) is 85.9 Å². The minimum Gasteiger partial charge on any atom is -0.456 e. The van der Waals surface area contributed by atoms with E-state index in [1.54, 1.807) is 0 Å². The fourth-order valence-corrected chi connectivity index (χ4v) is 8.57. The van der Waals surface area contributed by atoms with Crippen LogP contribution in [0.4, 0.5) is 0 Å². The van der Waals surface area contributed by atoms with Crippen LogP contribution in [0, 0.1) is 0 Å². The fourth-order valence-electron chi connectivity index (χ4n) is 8.57. The first-order chi connectivity index (χ1) is 27.7. The van der Waals surface area contributed by atoms with Crippen LogP contribution >= 0.6 is 0 Å². The number of rotatable bonds is 4. The average molecular weight is 715 g/mol. The number of para-hydroxylation sites is 2. The van der Waals surface area contributed by atoms with E-state index in [4.69, 9.17) is 19.4 Å². The normalized spacial score (nSPS) is 11.9. The second-order valence-corrected chi connectivity index (χ2v) is 14.4. The van der Waals surface area contributed by atoms with Crippen LogP contribution in [0.3, 0.4) is 0 Å². The smallest absolute Gasteiger partial charge is 0.238 e. The van der Waals surface area contributed by atoms with E-state index in [2.05, 4.69) is 174 Å². The van der Waals surface area contributed by atoms with Crippen LogP contribution in [-0.4, -0.2) is 19.5 Å². The first kappa shape index (κ1) is 30.8. The molecule has 0 spiro atoms. The van der Waals surface area contributed by atoms with Gasteiger partial charge in [0.1, 0.15) is 11.2 Å². The van der Waals surface area contributed by atoms with Crippen LogP contribution in [0.15, 0.2) is 186 Å². The Kier molecular flexibility index (Phi) is 6.56. The zero-order valence-electron chi connectivity index (χ0n) is 30.0. The number of fused-ring (bicyclic) bond motifs is 9. The van der Waals surface area contributed by atoms with Crippen LogP contribution in [-0.2, 0) is 0 Å². The van der Waals surface area contributed by atoms with Crippen LogP contribution in [0.5, 0.6) is 0 Å². The predicted molar refractivity (Wildman–Crippen MR) is 230 cm³/mol. The van der Waals surface area contributed by atoms with Crippen LogP contribution < -0.4 is 0 Å². The maximum absolute atomic E-state index is 6.52. The van der Waals surface area contributed by atoms with Crippen LogP contribution in [0.25, 0.3) is 116 Å². The van der Waals surface area contributed by atoms with E-state index in [0.717, 1.165) is 82.2 Å². The maximum atomic E-state index is 6.52. The van der Waals surface area contributed by atoms with E-state index < -0.39 is 0 Å². The van der Waals surface area contributed by atoms with Crippen molar-refractivity contribution < 1.29 is 4.42 Å². The quantitative estimate of drug-likeness (QED) is 0.182. The van der Waals surface area contributed by atoms with Crippen molar-refractivity contribution in [1.82, 2.24) is 19.5 Å². The third-order valence-electron chi connectivity index (χ3n) is 11.2. The Morgan fingerprint density at radius 1 is 0.357 bits per heavy atom. The van der Waals surface area contributed by atoms with Gasteiger partial charge in [0.05, 0.1) is 11.0 Å². The highest BCUT2D eigenvalue weighted by Crippen LogP contribution is 2.42. The summed E-state index contributed by atoms with van der Waals surface area (Å²) in [7, 11) is 0. The van der Waals surface area contributed by atoms with Crippen molar-refractivity contribution in [1.29, 1.82) is 0 Å². The minimum atomic E-state index is 0.552. The average Bonchev–Trinajstić information content (AvgIpc) is 3.79. The monoisotopic (exact) mass is 714 g/mol. The van der Waals surface area contributed by atoms with Gasteiger partial charge in [-0.3, -0.25) is 4.57 Å². The molecular formula is C51H30N4O. The molecule has 0 saturated carbocycles. The highest BCUT2D eigenvalue weighted by atomic mass is 16.3. The number of furan rings is 1. The zero-order chi connectivity index (χ0) is 36.7. The van der Waals surface area contributed by atoms with Gasteiger partial charge in [0.15, 0.2) is 11.6 Å². The Balaban J connectivity index is 1.18. The summed E-state index contributed by atoms with van der Waals surface area (Å²) in [5.74, 6) is 1.73. The third-order valence-corrected chi connectivity index (χ3v) is 11.2. The summed E-state index contributed by atoms with van der Waals surface area (Å²) in [6.07, 6.45) is 0. The molecule has 5 heteroatoms. The molecule has 0 amide bonds. The molecule has 3 aromatic heterocycles. The molecular weight excluding hydrogens is 685 g/mol. The zero-order valence-corrected chi connectivity index (χ0v) is 30.0. The molecule has 12 aromatic rings. The first-order valence-corrected chi connectivity index (χ1v) is 18.8. The summed E-state index contributed by atoms with van der Waals surface area (Å²) in [6.45, 7) is 0. The lowest BCUT2D eigenvalue weighted by Crippen LogP contribution is -2.07. The third kappa shape index (κ3) is 4.71. The molecule has 0 radical (unpaired) electrons. The second kappa shape index (κ2) is 11.9. The summed E-state index contributed by atoms with van der Waals surface area (Å²) in [4.78, 5) is 16.2. The van der Waals surface area contributed by atoms with Gasteiger partial charge in [0.2, 0.25) is 5.95 Å². The van der Waals surface area contributed by atoms with Crippen molar-refractivity contribution in [2.24, 2.45) is 0 Å². The number of benzene rings is 9. The summed E-state index contributed by atoms with van der Waals surface area (Å²) in [5, 5.41) is 11.2. The molecule has 0 aliphatic heterocycles. The number of nitrogens with zero attached hydrogens (tertiary/aromatic N) is 4. The second-order valence-electron chi connectivity index (χ2n) is 14.4. The minimum absolute atomic E-state index is 0.552. The molecule has 0 saturated heterocycles. The summed E-state index contributed by atoms with van der Waals surface area (Å²) >= 11 is 0. The van der Waals surface area contributed by atoms with E-state index in [1.165, 1.54) is 16.2 Å². The van der Waals surface area contributed by atoms with Crippen molar-refractivity contribution in [3.8, 4) is 39.9 Å². The van der Waals surface area contributed by atoms with E-state index in [-0.39, 0.29) is 0 Å². The van der Waals surface area contributed by atoms with Gasteiger partial charge in [-0.25, -0.2) is 4.98 Å². The predicted octanol–water partition coefficient (Wildman–Crippen LogP) is 13.3. The molecule has 0 bridgehead atoms. The SMILES string of the molecule is c1cc(-c2ccc3ccccc3c2)cc(-c2nc(-c3c4ccccc4cc4oc5ccccc5c34)nc(-n3c4ccccc4c4cc5ccccc5cc43)n2)c1. The van der Waals surface area contributed by atoms with Gasteiger partial charge in [-0.2, -0.15) is 9.97 Å². The number of aromatic nitrogens is 4. The Morgan fingerprint density at radius 2 is 1.00 bits per heavy atom. The molecule has 9 aromatic carbocycles. The van der Waals surface area contributed by atoms with Gasteiger partial charge in [-0.1, -0.05) is 140 Å². The van der Waals surface area contributed by atoms with E-state index in [9.17, 15) is 0 Å². The van der Waals surface area contributed by atoms with E-state index >= 15 is 0 Å². The highest BCUT2D eigenvalue weighted by Gasteiger charge is 2.23. The summed E-state index contributed by atoms with van der Waals surface area (Å²) < 4.78 is 8.72. The molecule has 12 rings (SSSR count). The van der Waals surface area contributed by atoms with Gasteiger partial charge < -0.3 is 4.42 Å². The molecule has 5 nitrogen and oxygen atoms in total. The molecule has 0 fully saturated rings. The highest BCUT2D eigenvalue weighted by molar-refractivity contribution is 6.20. The Bertz CT molecular complexity index is 3560. The van der Waals surface area contributed by atoms with Crippen LogP contribution in [0.1, 0.15) is 0 Å². The van der Waals surface area contributed by atoms with Gasteiger partial charge in [-0.15, -0.1) is 0 Å². The van der Waals surface area contributed by atoms with Crippen molar-refractivity contribution in [3.63, 3.8) is 0 Å². The van der Waals surface area contributed by atoms with Crippen molar-refractivity contribution >= 4 is 76.1 Å². The van der Waals surface area contributed by atoms with E-state index in [0.29, 0.717) is 17.6 Å². The number of hydrogen-bond acceptors (Lipinski definition) is 4. The number of hydrogen-bond donors (Lipinski definition) is 0. The molecule has 0 unspecified atom stereocenters. The molecule has 0 N–H and O–H groups in total. The molecule has 0 aliphatic carbocycles. The molecule has 0 atom stereocenters. The lowest BCUT2D eigenvalue weighted by molar-refractivity contribution is 0.669. The lowest BCUT2D eigenvalue weighted by Gasteiger charge is -2.14. The molecule has 56 heavy (non-hydrogen) atoms. The van der Waals surface area contributed by atoms with Crippen molar-refractivity contribution in [2.45, 2.75) is 0 Å². The van der Waals surface area contributed by atoms with Crippen molar-refractivity contribution in [2.75, 3.05) is 0 Å². The molecule has 3 heterocycles. The summed E-state index contributed by atoms with van der Waals surface area (Å²) in [6, 6.07) is 64.0. The van der Waals surface area contributed by atoms with Gasteiger partial charge in [0.25, 0.3) is 0 Å². The van der Waals surface area contributed by atoms with Gasteiger partial charge >= 0.3 is 0 Å². The van der Waals surface area contributed by atoms with Crippen molar-refractivity contribution in [3.05, 3.63) is 182 Å². The standard InChI is InChI=1S/C51H30N4O/c1-2-13-32-26-36(25-24-31(32)12-1)33-17-11-18-38(27-33)49-52-50(48-39-19-6-5-16-37(39)30-46-47(48)41-21-8-10-23-45(41)56-46)54-51(53-49)55-43-22-9-7-20-40(43)42-28-34-14-3-4-15-35(34)29-44(42)55/h1-30H. The summed E-state index contributed by atoms with van der Waals surface area (Å²) in [5.41, 5.74) is 7.74. The maximum Gasteiger partial charge on any atom is 0.238 e.